The molecule has 0 amide bonds. The summed E-state index contributed by atoms with van der Waals surface area (Å²) in [4.78, 5) is 0. The number of hydrogen-bond donors (Lipinski definition) is 0. The van der Waals surface area contributed by atoms with Gasteiger partial charge in [-0.15, -0.1) is 0 Å². The SMILES string of the molecule is CCCCCCCCCCCCCCCCSF. The first-order valence-electron chi connectivity index (χ1n) is 8.15. The highest BCUT2D eigenvalue weighted by Gasteiger charge is 1.94. The Kier molecular flexibility index (Phi) is 17.5. The summed E-state index contributed by atoms with van der Waals surface area (Å²) in [5.41, 5.74) is 0. The molecule has 0 rings (SSSR count). The average molecular weight is 277 g/mol. The highest BCUT2D eigenvalue weighted by atomic mass is 32.2. The number of unbranched alkanes of at least 4 members (excludes halogenated alkanes) is 13. The Morgan fingerprint density at radius 1 is 0.556 bits per heavy atom. The van der Waals surface area contributed by atoms with E-state index in [1.54, 1.807) is 0 Å². The Bertz CT molecular complexity index is 123. The van der Waals surface area contributed by atoms with E-state index in [1.165, 1.54) is 83.5 Å². The lowest BCUT2D eigenvalue weighted by Crippen LogP contribution is -1.83. The third-order valence-electron chi connectivity index (χ3n) is 3.58. The first-order chi connectivity index (χ1) is 8.91. The summed E-state index contributed by atoms with van der Waals surface area (Å²) in [6.45, 7) is 2.27. The maximum absolute atomic E-state index is 11.8. The van der Waals surface area contributed by atoms with Gasteiger partial charge in [0, 0.05) is 17.9 Å². The molecule has 0 saturated heterocycles. The minimum absolute atomic E-state index is 0.486. The van der Waals surface area contributed by atoms with E-state index in [-0.39, 0.29) is 0 Å². The van der Waals surface area contributed by atoms with Gasteiger partial charge in [-0.05, 0) is 6.42 Å². The standard InChI is InChI=1S/C16H33FS/c1-2-3-4-5-6-7-8-9-10-11-12-13-14-15-16-18-17/h2-16H2,1H3. The highest BCUT2D eigenvalue weighted by Crippen LogP contribution is 2.13. The van der Waals surface area contributed by atoms with Gasteiger partial charge in [-0.2, -0.15) is 3.89 Å². The molecule has 2 heteroatoms. The first kappa shape index (κ1) is 18.3. The van der Waals surface area contributed by atoms with E-state index in [0.717, 1.165) is 6.42 Å². The fourth-order valence-electron chi connectivity index (χ4n) is 2.35. The molecule has 0 spiro atoms. The molecule has 0 atom stereocenters. The molecule has 0 bridgehead atoms. The first-order valence-corrected chi connectivity index (χ1v) is 9.04. The lowest BCUT2D eigenvalue weighted by molar-refractivity contribution is 0.538. The van der Waals surface area contributed by atoms with Crippen molar-refractivity contribution in [3.05, 3.63) is 0 Å². The lowest BCUT2D eigenvalue weighted by atomic mass is 10.0. The second kappa shape index (κ2) is 17.3. The van der Waals surface area contributed by atoms with Gasteiger partial charge in [-0.25, -0.2) is 0 Å². The molecule has 0 aliphatic carbocycles. The molecule has 0 aliphatic heterocycles. The minimum Gasteiger partial charge on any atom is -0.165 e. The maximum atomic E-state index is 11.8. The van der Waals surface area contributed by atoms with Crippen LogP contribution in [0.25, 0.3) is 0 Å². The van der Waals surface area contributed by atoms with Gasteiger partial charge < -0.3 is 0 Å². The molecule has 18 heavy (non-hydrogen) atoms. The summed E-state index contributed by atoms with van der Waals surface area (Å²) in [7, 11) is 0. The van der Waals surface area contributed by atoms with Crippen LogP contribution in [-0.4, -0.2) is 5.75 Å². The van der Waals surface area contributed by atoms with Gasteiger partial charge in [0.2, 0.25) is 0 Å². The van der Waals surface area contributed by atoms with Gasteiger partial charge in [0.1, 0.15) is 0 Å². The van der Waals surface area contributed by atoms with E-state index >= 15 is 0 Å². The number of hydrogen-bond acceptors (Lipinski definition) is 1. The molecule has 0 N–H and O–H groups in total. The van der Waals surface area contributed by atoms with Crippen LogP contribution in [0, 0.1) is 0 Å². The quantitative estimate of drug-likeness (QED) is 0.288. The van der Waals surface area contributed by atoms with Crippen molar-refractivity contribution in [2.24, 2.45) is 0 Å². The van der Waals surface area contributed by atoms with Crippen molar-refractivity contribution in [2.75, 3.05) is 5.75 Å². The molecule has 110 valence electrons. The fraction of sp³-hybridized carbons (Fsp3) is 1.00. The van der Waals surface area contributed by atoms with Crippen LogP contribution in [0.3, 0.4) is 0 Å². The molecule has 0 nitrogen and oxygen atoms in total. The van der Waals surface area contributed by atoms with Crippen molar-refractivity contribution in [1.29, 1.82) is 0 Å². The van der Waals surface area contributed by atoms with Crippen molar-refractivity contribution >= 4 is 12.1 Å². The summed E-state index contributed by atoms with van der Waals surface area (Å²) in [5.74, 6) is 0.692. The Morgan fingerprint density at radius 3 is 1.22 bits per heavy atom. The van der Waals surface area contributed by atoms with Gasteiger partial charge >= 0.3 is 0 Å². The van der Waals surface area contributed by atoms with E-state index < -0.39 is 0 Å². The van der Waals surface area contributed by atoms with Crippen LogP contribution < -0.4 is 0 Å². The van der Waals surface area contributed by atoms with Crippen molar-refractivity contribution in [1.82, 2.24) is 0 Å². The van der Waals surface area contributed by atoms with E-state index in [0.29, 0.717) is 17.9 Å². The van der Waals surface area contributed by atoms with Gasteiger partial charge in [0.15, 0.2) is 0 Å². The summed E-state index contributed by atoms with van der Waals surface area (Å²) in [5, 5.41) is 0. The minimum atomic E-state index is 0.486. The average Bonchev–Trinajstić information content (AvgIpc) is 2.39. The van der Waals surface area contributed by atoms with E-state index in [9.17, 15) is 3.89 Å². The normalized spacial score (nSPS) is 11.0. The van der Waals surface area contributed by atoms with Crippen LogP contribution in [-0.2, 0) is 0 Å². The van der Waals surface area contributed by atoms with Crippen molar-refractivity contribution < 1.29 is 3.89 Å². The molecule has 0 fully saturated rings. The van der Waals surface area contributed by atoms with Crippen LogP contribution in [0.1, 0.15) is 96.8 Å². The highest BCUT2D eigenvalue weighted by molar-refractivity contribution is 7.94. The predicted octanol–water partition coefficient (Wildman–Crippen LogP) is 7.09. The number of rotatable bonds is 15. The van der Waals surface area contributed by atoms with E-state index in [4.69, 9.17) is 0 Å². The smallest absolute Gasteiger partial charge is 0.0443 e. The molecule has 0 radical (unpaired) electrons. The van der Waals surface area contributed by atoms with Crippen LogP contribution in [0.2, 0.25) is 0 Å². The third kappa shape index (κ3) is 16.3. The zero-order chi connectivity index (χ0) is 13.3. The largest absolute Gasteiger partial charge is 0.165 e. The second-order valence-electron chi connectivity index (χ2n) is 5.41. The molecule has 0 aliphatic rings. The molecular weight excluding hydrogens is 243 g/mol. The molecule has 0 aromatic carbocycles. The zero-order valence-corrected chi connectivity index (χ0v) is 13.2. The third-order valence-corrected chi connectivity index (χ3v) is 4.02. The molecular formula is C16H33FS. The predicted molar refractivity (Wildman–Crippen MR) is 83.9 cm³/mol. The van der Waals surface area contributed by atoms with Crippen LogP contribution in [0.15, 0.2) is 0 Å². The van der Waals surface area contributed by atoms with Crippen LogP contribution >= 0.6 is 12.1 Å². The van der Waals surface area contributed by atoms with Crippen molar-refractivity contribution in [3.8, 4) is 0 Å². The Hall–Kier alpha value is 0.280. The Morgan fingerprint density at radius 2 is 0.889 bits per heavy atom. The Balaban J connectivity index is 2.86. The van der Waals surface area contributed by atoms with Gasteiger partial charge in [0.05, 0.1) is 0 Å². The summed E-state index contributed by atoms with van der Waals surface area (Å²) in [6.07, 6.45) is 19.1. The summed E-state index contributed by atoms with van der Waals surface area (Å²) in [6, 6.07) is 0. The molecule has 0 heterocycles. The van der Waals surface area contributed by atoms with E-state index in [1.807, 2.05) is 0 Å². The number of halogens is 1. The van der Waals surface area contributed by atoms with Crippen molar-refractivity contribution in [2.45, 2.75) is 96.8 Å². The van der Waals surface area contributed by atoms with Crippen LogP contribution in [0.5, 0.6) is 0 Å². The summed E-state index contributed by atoms with van der Waals surface area (Å²) >= 11 is 0.486. The Labute approximate surface area is 119 Å². The van der Waals surface area contributed by atoms with Crippen molar-refractivity contribution in [3.63, 3.8) is 0 Å². The maximum Gasteiger partial charge on any atom is 0.0443 e. The van der Waals surface area contributed by atoms with E-state index in [2.05, 4.69) is 6.92 Å². The van der Waals surface area contributed by atoms with Crippen LogP contribution in [0.4, 0.5) is 3.89 Å². The summed E-state index contributed by atoms with van der Waals surface area (Å²) < 4.78 is 11.8. The zero-order valence-electron chi connectivity index (χ0n) is 12.4. The van der Waals surface area contributed by atoms with Gasteiger partial charge in [-0.3, -0.25) is 0 Å². The lowest BCUT2D eigenvalue weighted by Gasteiger charge is -2.02. The fourth-order valence-corrected chi connectivity index (χ4v) is 2.66. The van der Waals surface area contributed by atoms with Gasteiger partial charge in [-0.1, -0.05) is 90.4 Å². The molecule has 0 aromatic heterocycles. The molecule has 0 unspecified atom stereocenters. The monoisotopic (exact) mass is 276 g/mol. The van der Waals surface area contributed by atoms with Gasteiger partial charge in [0.25, 0.3) is 0 Å². The molecule has 0 saturated carbocycles. The molecule has 0 aromatic rings. The topological polar surface area (TPSA) is 0 Å². The second-order valence-corrected chi connectivity index (χ2v) is 6.04.